The van der Waals surface area contributed by atoms with Crippen molar-refractivity contribution in [3.05, 3.63) is 54.2 Å². The Hall–Kier alpha value is -4.19. The number of carboxylic acid groups (broad SMARTS) is 1. The molecule has 180 valence electrons. The summed E-state index contributed by atoms with van der Waals surface area (Å²) >= 11 is 0. The Morgan fingerprint density at radius 1 is 1.09 bits per heavy atom. The molecule has 0 aliphatic carbocycles. The molecule has 0 bridgehead atoms. The summed E-state index contributed by atoms with van der Waals surface area (Å²) in [6.07, 6.45) is 5.09. The van der Waals surface area contributed by atoms with Crippen molar-refractivity contribution in [1.29, 1.82) is 0 Å². The van der Waals surface area contributed by atoms with Gasteiger partial charge in [-0.3, -0.25) is 19.2 Å². The lowest BCUT2D eigenvalue weighted by Gasteiger charge is -2.20. The van der Waals surface area contributed by atoms with E-state index in [0.717, 1.165) is 16.5 Å². The predicted molar refractivity (Wildman–Crippen MR) is 122 cm³/mol. The molecule has 0 spiro atoms. The average Bonchev–Trinajstić information content (AvgIpc) is 3.47. The molecule has 3 amide bonds. The molecule has 3 rings (SSSR count). The molecular weight excluding hydrogens is 442 g/mol. The van der Waals surface area contributed by atoms with Gasteiger partial charge >= 0.3 is 5.97 Å². The number of carbonyl (C=O) groups is 4. The number of aromatic nitrogens is 3. The fourth-order valence-corrected chi connectivity index (χ4v) is 3.38. The van der Waals surface area contributed by atoms with Gasteiger partial charge in [-0.25, -0.2) is 4.98 Å². The number of nitrogens with two attached hydrogens (primary N) is 1. The van der Waals surface area contributed by atoms with Crippen LogP contribution < -0.4 is 21.7 Å². The van der Waals surface area contributed by atoms with Crippen molar-refractivity contribution >= 4 is 34.6 Å². The van der Waals surface area contributed by atoms with Crippen LogP contribution in [0.2, 0.25) is 0 Å². The Morgan fingerprint density at radius 3 is 2.56 bits per heavy atom. The fourth-order valence-electron chi connectivity index (χ4n) is 3.38. The number of amides is 3. The summed E-state index contributed by atoms with van der Waals surface area (Å²) in [5, 5.41) is 17.1. The summed E-state index contributed by atoms with van der Waals surface area (Å²) in [5.74, 6) is -3.03. The number of hydrogen-bond donors (Lipinski definition) is 7. The van der Waals surface area contributed by atoms with Crippen molar-refractivity contribution in [2.24, 2.45) is 5.73 Å². The highest BCUT2D eigenvalue weighted by Crippen LogP contribution is 2.18. The van der Waals surface area contributed by atoms with Gasteiger partial charge in [0.25, 0.3) is 0 Å². The summed E-state index contributed by atoms with van der Waals surface area (Å²) in [7, 11) is 0. The van der Waals surface area contributed by atoms with Crippen molar-refractivity contribution in [3.8, 4) is 0 Å². The van der Waals surface area contributed by atoms with Crippen LogP contribution in [0.1, 0.15) is 18.2 Å². The smallest absolute Gasteiger partial charge is 0.325 e. The van der Waals surface area contributed by atoms with Crippen molar-refractivity contribution in [2.75, 3.05) is 6.54 Å². The van der Waals surface area contributed by atoms with Crippen LogP contribution in [0.4, 0.5) is 0 Å². The van der Waals surface area contributed by atoms with Gasteiger partial charge in [0.1, 0.15) is 12.1 Å². The first kappa shape index (κ1) is 24.5. The monoisotopic (exact) mass is 469 g/mol. The zero-order chi connectivity index (χ0) is 24.7. The molecule has 0 radical (unpaired) electrons. The fraction of sp³-hybridized carbons (Fsp3) is 0.318. The molecule has 3 aromatic rings. The lowest BCUT2D eigenvalue weighted by atomic mass is 10.0. The summed E-state index contributed by atoms with van der Waals surface area (Å²) in [4.78, 5) is 58.2. The van der Waals surface area contributed by atoms with Crippen molar-refractivity contribution in [2.45, 2.75) is 37.9 Å². The normalized spacial score (nSPS) is 13.6. The van der Waals surface area contributed by atoms with Crippen LogP contribution in [-0.4, -0.2) is 68.4 Å². The Morgan fingerprint density at radius 2 is 1.85 bits per heavy atom. The first-order valence-electron chi connectivity index (χ1n) is 10.6. The largest absolute Gasteiger partial charge is 0.480 e. The number of nitrogens with zero attached hydrogens (tertiary/aromatic N) is 1. The number of fused-ring (bicyclic) bond motifs is 1. The molecule has 0 aliphatic rings. The van der Waals surface area contributed by atoms with E-state index in [1.165, 1.54) is 19.4 Å². The number of H-pyrrole nitrogens is 2. The van der Waals surface area contributed by atoms with Gasteiger partial charge in [-0.15, -0.1) is 0 Å². The summed E-state index contributed by atoms with van der Waals surface area (Å²) in [6, 6.07) is 4.58. The molecule has 2 aromatic heterocycles. The van der Waals surface area contributed by atoms with Crippen LogP contribution in [0.15, 0.2) is 43.0 Å². The van der Waals surface area contributed by atoms with E-state index >= 15 is 0 Å². The van der Waals surface area contributed by atoms with Gasteiger partial charge in [0.2, 0.25) is 17.7 Å². The minimum Gasteiger partial charge on any atom is -0.480 e. The number of benzene rings is 1. The number of rotatable bonds is 11. The number of aliphatic carboxylic acids is 1. The van der Waals surface area contributed by atoms with Crippen LogP contribution >= 0.6 is 0 Å². The molecule has 1 aromatic carbocycles. The first-order chi connectivity index (χ1) is 16.2. The van der Waals surface area contributed by atoms with Crippen molar-refractivity contribution < 1.29 is 24.3 Å². The summed E-state index contributed by atoms with van der Waals surface area (Å²) in [6.45, 7) is 0.853. The number of carbonyl (C=O) groups excluding carboxylic acids is 3. The first-order valence-corrected chi connectivity index (χ1v) is 10.6. The van der Waals surface area contributed by atoms with Gasteiger partial charge < -0.3 is 36.8 Å². The number of imidazole rings is 1. The quantitative estimate of drug-likeness (QED) is 0.191. The molecule has 8 N–H and O–H groups in total. The highest BCUT2D eigenvalue weighted by Gasteiger charge is 2.26. The van der Waals surface area contributed by atoms with E-state index in [1.54, 1.807) is 6.20 Å². The highest BCUT2D eigenvalue weighted by atomic mass is 16.4. The maximum Gasteiger partial charge on any atom is 0.325 e. The summed E-state index contributed by atoms with van der Waals surface area (Å²) in [5.41, 5.74) is 8.52. The zero-order valence-corrected chi connectivity index (χ0v) is 18.5. The number of carboxylic acids is 1. The zero-order valence-electron chi connectivity index (χ0n) is 18.5. The van der Waals surface area contributed by atoms with Crippen LogP contribution in [-0.2, 0) is 32.0 Å². The third-order valence-corrected chi connectivity index (χ3v) is 5.23. The van der Waals surface area contributed by atoms with E-state index in [-0.39, 0.29) is 12.8 Å². The summed E-state index contributed by atoms with van der Waals surface area (Å²) < 4.78 is 0. The second kappa shape index (κ2) is 11.1. The molecule has 0 aliphatic heterocycles. The minimum absolute atomic E-state index is 0.0878. The maximum absolute atomic E-state index is 12.8. The standard InChI is InChI=1S/C22H27N7O5/c1-12(22(33)34)28-19(30)10-26-21(32)18(7-14-9-24-11-27-14)29-20(31)16(23)6-13-8-25-17-5-3-2-4-15(13)17/h2-5,8-9,11-12,16,18,25H,6-7,10,23H2,1H3,(H,24,27)(H,26,32)(H,28,30)(H,29,31)(H,33,34). The molecule has 3 unspecified atom stereocenters. The van der Waals surface area contributed by atoms with Gasteiger partial charge in [-0.2, -0.15) is 0 Å². The lowest BCUT2D eigenvalue weighted by molar-refractivity contribution is -0.141. The SMILES string of the molecule is CC(NC(=O)CNC(=O)C(Cc1cnc[nH]1)NC(=O)C(N)Cc1c[nH]c2ccccc12)C(=O)O. The van der Waals surface area contributed by atoms with Crippen LogP contribution in [0.3, 0.4) is 0 Å². The third-order valence-electron chi connectivity index (χ3n) is 5.23. The topological polar surface area (TPSA) is 195 Å². The second-order valence-corrected chi connectivity index (χ2v) is 7.86. The van der Waals surface area contributed by atoms with Gasteiger partial charge in [0.15, 0.2) is 0 Å². The molecular formula is C22H27N7O5. The lowest BCUT2D eigenvalue weighted by Crippen LogP contribution is -2.54. The van der Waals surface area contributed by atoms with E-state index in [1.807, 2.05) is 24.3 Å². The Balaban J connectivity index is 1.62. The highest BCUT2D eigenvalue weighted by molar-refractivity contribution is 5.93. The van der Waals surface area contributed by atoms with Gasteiger partial charge in [-0.05, 0) is 25.0 Å². The van der Waals surface area contributed by atoms with E-state index < -0.39 is 48.4 Å². The minimum atomic E-state index is -1.20. The molecule has 2 heterocycles. The van der Waals surface area contributed by atoms with E-state index in [9.17, 15) is 19.2 Å². The second-order valence-electron chi connectivity index (χ2n) is 7.86. The van der Waals surface area contributed by atoms with Crippen molar-refractivity contribution in [1.82, 2.24) is 30.9 Å². The number of hydrogen-bond acceptors (Lipinski definition) is 6. The average molecular weight is 470 g/mol. The van der Waals surface area contributed by atoms with Crippen LogP contribution in [0.5, 0.6) is 0 Å². The van der Waals surface area contributed by atoms with Gasteiger partial charge in [0.05, 0.1) is 18.9 Å². The predicted octanol–water partition coefficient (Wildman–Crippen LogP) is -0.806. The number of nitrogens with one attached hydrogen (secondary N) is 5. The number of para-hydroxylation sites is 1. The van der Waals surface area contributed by atoms with Gasteiger partial charge in [0, 0.05) is 35.4 Å². The van der Waals surface area contributed by atoms with Crippen LogP contribution in [0, 0.1) is 0 Å². The molecule has 3 atom stereocenters. The molecule has 0 saturated heterocycles. The Bertz CT molecular complexity index is 1160. The molecule has 0 saturated carbocycles. The maximum atomic E-state index is 12.8. The van der Waals surface area contributed by atoms with E-state index in [2.05, 4.69) is 30.9 Å². The van der Waals surface area contributed by atoms with E-state index in [0.29, 0.717) is 5.69 Å². The third kappa shape index (κ3) is 6.42. The van der Waals surface area contributed by atoms with Crippen LogP contribution in [0.25, 0.3) is 10.9 Å². The van der Waals surface area contributed by atoms with Gasteiger partial charge in [-0.1, -0.05) is 18.2 Å². The Kier molecular flexibility index (Phi) is 7.98. The van der Waals surface area contributed by atoms with E-state index in [4.69, 9.17) is 10.8 Å². The molecule has 0 fully saturated rings. The Labute approximate surface area is 194 Å². The van der Waals surface area contributed by atoms with Crippen molar-refractivity contribution in [3.63, 3.8) is 0 Å². The molecule has 12 nitrogen and oxygen atoms in total. The molecule has 34 heavy (non-hydrogen) atoms. The number of aromatic amines is 2. The molecule has 12 heteroatoms.